The van der Waals surface area contributed by atoms with Crippen LogP contribution in [0.4, 0.5) is 0 Å². The van der Waals surface area contributed by atoms with Crippen LogP contribution in [-0.2, 0) is 11.0 Å². The molecule has 2 nitrogen and oxygen atoms in total. The molecule has 0 rings (SSSR count). The van der Waals surface area contributed by atoms with Gasteiger partial charge in [-0.3, -0.25) is 0 Å². The van der Waals surface area contributed by atoms with Gasteiger partial charge in [0.15, 0.2) is 0 Å². The molecule has 0 aliphatic heterocycles. The van der Waals surface area contributed by atoms with E-state index < -0.39 is 11.0 Å². The van der Waals surface area contributed by atoms with Gasteiger partial charge in [-0.1, -0.05) is 20.4 Å². The van der Waals surface area contributed by atoms with Gasteiger partial charge in [0.1, 0.15) is 11.0 Å². The van der Waals surface area contributed by atoms with Crippen LogP contribution >= 0.6 is 0 Å². The zero-order valence-corrected chi connectivity index (χ0v) is 9.42. The van der Waals surface area contributed by atoms with Gasteiger partial charge in [0.25, 0.3) is 0 Å². The van der Waals surface area contributed by atoms with E-state index in [1.807, 2.05) is 34.6 Å². The summed E-state index contributed by atoms with van der Waals surface area (Å²) in [5.41, 5.74) is 0.836. The summed E-state index contributed by atoms with van der Waals surface area (Å²) in [6.45, 7) is 13.7. The lowest BCUT2D eigenvalue weighted by molar-refractivity contribution is 0.633. The molecule has 72 valence electrons. The van der Waals surface area contributed by atoms with E-state index in [1.54, 1.807) is 0 Å². The molecule has 0 aliphatic carbocycles. The second-order valence-electron chi connectivity index (χ2n) is 4.16. The Bertz CT molecular complexity index is 191. The van der Waals surface area contributed by atoms with Gasteiger partial charge in [-0.2, -0.15) is 0 Å². The Morgan fingerprint density at radius 3 is 2.08 bits per heavy atom. The van der Waals surface area contributed by atoms with E-state index in [1.165, 1.54) is 0 Å². The van der Waals surface area contributed by atoms with E-state index in [2.05, 4.69) is 11.3 Å². The Morgan fingerprint density at radius 2 is 1.83 bits per heavy atom. The van der Waals surface area contributed by atoms with Crippen LogP contribution in [0.25, 0.3) is 0 Å². The van der Waals surface area contributed by atoms with Crippen LogP contribution in [0, 0.1) is 5.92 Å². The molecular weight excluding hydrogens is 170 g/mol. The molecule has 0 aliphatic rings. The minimum Gasteiger partial charge on any atom is -0.309 e. The molecule has 0 unspecified atom stereocenters. The quantitative estimate of drug-likeness (QED) is 0.724. The highest BCUT2D eigenvalue weighted by atomic mass is 32.2. The summed E-state index contributed by atoms with van der Waals surface area (Å²) in [5.74, 6) is 0.330. The average Bonchev–Trinajstić information content (AvgIpc) is 1.85. The molecule has 1 atom stereocenters. The molecule has 0 radical (unpaired) electrons. The van der Waals surface area contributed by atoms with Crippen molar-refractivity contribution in [3.63, 3.8) is 0 Å². The minimum absolute atomic E-state index is 0.224. The first-order valence-corrected chi connectivity index (χ1v) is 5.27. The Morgan fingerprint density at radius 1 is 1.42 bits per heavy atom. The van der Waals surface area contributed by atoms with E-state index in [0.29, 0.717) is 5.92 Å². The molecule has 0 aromatic rings. The summed E-state index contributed by atoms with van der Waals surface area (Å²) in [6.07, 6.45) is 0. The highest BCUT2D eigenvalue weighted by molar-refractivity contribution is 7.84. The lowest BCUT2D eigenvalue weighted by atomic mass is 10.2. The standard InChI is InChI=1S/C9H19NOS/c1-7(2)8(3)10-12(11)9(4,5)6/h7,10H,3H2,1-2,4-6H3/t12-/m0/s1. The molecule has 0 saturated carbocycles. The van der Waals surface area contributed by atoms with Gasteiger partial charge in [-0.05, 0) is 26.7 Å². The first kappa shape index (κ1) is 11.7. The first-order valence-electron chi connectivity index (χ1n) is 4.12. The van der Waals surface area contributed by atoms with E-state index in [9.17, 15) is 4.21 Å². The predicted octanol–water partition coefficient (Wildman–Crippen LogP) is 2.21. The zero-order chi connectivity index (χ0) is 9.94. The maximum Gasteiger partial charge on any atom is 0.122 e. The van der Waals surface area contributed by atoms with Gasteiger partial charge >= 0.3 is 0 Å². The normalized spacial score (nSPS) is 14.5. The maximum absolute atomic E-state index is 11.5. The summed E-state index contributed by atoms with van der Waals surface area (Å²) < 4.78 is 14.2. The van der Waals surface area contributed by atoms with Gasteiger partial charge < -0.3 is 4.72 Å². The van der Waals surface area contributed by atoms with Crippen molar-refractivity contribution in [1.29, 1.82) is 0 Å². The Labute approximate surface area is 78.0 Å². The summed E-state index contributed by atoms with van der Waals surface area (Å²) in [6, 6.07) is 0. The third kappa shape index (κ3) is 3.90. The molecule has 3 heteroatoms. The second kappa shape index (κ2) is 4.08. The average molecular weight is 189 g/mol. The lowest BCUT2D eigenvalue weighted by Crippen LogP contribution is -2.33. The Balaban J connectivity index is 4.12. The van der Waals surface area contributed by atoms with Crippen molar-refractivity contribution in [3.05, 3.63) is 12.3 Å². The predicted molar refractivity (Wildman–Crippen MR) is 55.0 cm³/mol. The highest BCUT2D eigenvalue weighted by Gasteiger charge is 2.20. The third-order valence-corrected chi connectivity index (χ3v) is 3.04. The van der Waals surface area contributed by atoms with Crippen molar-refractivity contribution in [2.24, 2.45) is 5.92 Å². The molecule has 0 amide bonds. The van der Waals surface area contributed by atoms with Crippen LogP contribution in [0.1, 0.15) is 34.6 Å². The van der Waals surface area contributed by atoms with E-state index >= 15 is 0 Å². The molecule has 0 bridgehead atoms. The molecule has 0 spiro atoms. The fourth-order valence-corrected chi connectivity index (χ4v) is 1.17. The Kier molecular flexibility index (Phi) is 3.97. The molecule has 0 aromatic carbocycles. The fraction of sp³-hybridized carbons (Fsp3) is 0.778. The smallest absolute Gasteiger partial charge is 0.122 e. The van der Waals surface area contributed by atoms with Gasteiger partial charge in [-0.15, -0.1) is 0 Å². The van der Waals surface area contributed by atoms with Crippen molar-refractivity contribution in [1.82, 2.24) is 4.72 Å². The molecule has 0 saturated heterocycles. The Hall–Kier alpha value is -0.310. The van der Waals surface area contributed by atoms with Crippen LogP contribution in [0.5, 0.6) is 0 Å². The van der Waals surface area contributed by atoms with Crippen molar-refractivity contribution in [2.75, 3.05) is 0 Å². The van der Waals surface area contributed by atoms with Crippen LogP contribution in [0.2, 0.25) is 0 Å². The SMILES string of the molecule is C=C(N[S@@](=O)C(C)(C)C)C(C)C. The number of hydrogen-bond donors (Lipinski definition) is 1. The summed E-state index contributed by atoms with van der Waals surface area (Å²) in [7, 11) is -1.04. The number of nitrogens with one attached hydrogen (secondary N) is 1. The monoisotopic (exact) mass is 189 g/mol. The molecular formula is C9H19NOS. The van der Waals surface area contributed by atoms with E-state index in [4.69, 9.17) is 0 Å². The second-order valence-corrected chi connectivity index (χ2v) is 6.13. The van der Waals surface area contributed by atoms with Crippen LogP contribution in [0.15, 0.2) is 12.3 Å². The van der Waals surface area contributed by atoms with Gasteiger partial charge in [0.2, 0.25) is 0 Å². The largest absolute Gasteiger partial charge is 0.309 e. The molecule has 0 aromatic heterocycles. The molecule has 12 heavy (non-hydrogen) atoms. The van der Waals surface area contributed by atoms with Crippen LogP contribution in [-0.4, -0.2) is 8.96 Å². The van der Waals surface area contributed by atoms with Crippen molar-refractivity contribution < 1.29 is 4.21 Å². The molecule has 0 heterocycles. The number of allylic oxidation sites excluding steroid dienone is 1. The first-order chi connectivity index (χ1) is 5.25. The van der Waals surface area contributed by atoms with Gasteiger partial charge in [0.05, 0.1) is 4.75 Å². The van der Waals surface area contributed by atoms with Gasteiger partial charge in [-0.25, -0.2) is 4.21 Å². The van der Waals surface area contributed by atoms with E-state index in [0.717, 1.165) is 5.70 Å². The molecule has 0 fully saturated rings. The molecule has 1 N–H and O–H groups in total. The summed E-state index contributed by atoms with van der Waals surface area (Å²) in [4.78, 5) is 0. The zero-order valence-electron chi connectivity index (χ0n) is 8.60. The highest BCUT2D eigenvalue weighted by Crippen LogP contribution is 2.12. The van der Waals surface area contributed by atoms with Crippen molar-refractivity contribution >= 4 is 11.0 Å². The fourth-order valence-electron chi connectivity index (χ4n) is 0.390. The summed E-state index contributed by atoms with van der Waals surface area (Å²) >= 11 is 0. The van der Waals surface area contributed by atoms with Crippen molar-refractivity contribution in [2.45, 2.75) is 39.4 Å². The van der Waals surface area contributed by atoms with E-state index in [-0.39, 0.29) is 4.75 Å². The number of rotatable bonds is 3. The van der Waals surface area contributed by atoms with Gasteiger partial charge in [0, 0.05) is 5.70 Å². The maximum atomic E-state index is 11.5. The summed E-state index contributed by atoms with van der Waals surface area (Å²) in [5, 5.41) is 0. The topological polar surface area (TPSA) is 29.1 Å². The van der Waals surface area contributed by atoms with Crippen molar-refractivity contribution in [3.8, 4) is 0 Å². The lowest BCUT2D eigenvalue weighted by Gasteiger charge is -2.21. The van der Waals surface area contributed by atoms with Crippen LogP contribution in [0.3, 0.4) is 0 Å². The number of hydrogen-bond acceptors (Lipinski definition) is 1. The van der Waals surface area contributed by atoms with Crippen LogP contribution < -0.4 is 4.72 Å². The minimum atomic E-state index is -1.04. The third-order valence-electron chi connectivity index (χ3n) is 1.48.